The van der Waals surface area contributed by atoms with Crippen molar-refractivity contribution in [1.29, 1.82) is 0 Å². The minimum absolute atomic E-state index is 0.130. The van der Waals surface area contributed by atoms with E-state index in [1.165, 1.54) is 6.26 Å². The van der Waals surface area contributed by atoms with Crippen LogP contribution in [0.3, 0.4) is 0 Å². The molecule has 0 aliphatic rings. The van der Waals surface area contributed by atoms with Crippen molar-refractivity contribution in [2.24, 2.45) is 0 Å². The van der Waals surface area contributed by atoms with E-state index in [0.29, 0.717) is 18.5 Å². The lowest BCUT2D eigenvalue weighted by atomic mass is 10.1. The zero-order valence-electron chi connectivity index (χ0n) is 12.5. The van der Waals surface area contributed by atoms with Gasteiger partial charge in [0.05, 0.1) is 18.5 Å². The summed E-state index contributed by atoms with van der Waals surface area (Å²) < 4.78 is 24.3. The number of nitrogens with zero attached hydrogens (tertiary/aromatic N) is 2. The van der Waals surface area contributed by atoms with Crippen LogP contribution in [0.5, 0.6) is 0 Å². The summed E-state index contributed by atoms with van der Waals surface area (Å²) in [4.78, 5) is 0. The molecule has 1 rings (SSSR count). The predicted molar refractivity (Wildman–Crippen MR) is 78.0 cm³/mol. The van der Waals surface area contributed by atoms with E-state index < -0.39 is 9.84 Å². The lowest BCUT2D eigenvalue weighted by molar-refractivity contribution is 0.559. The van der Waals surface area contributed by atoms with E-state index in [1.54, 1.807) is 0 Å². The third-order valence-electron chi connectivity index (χ3n) is 2.88. The highest BCUT2D eigenvalue weighted by Crippen LogP contribution is 2.19. The molecule has 6 heteroatoms. The van der Waals surface area contributed by atoms with Crippen LogP contribution in [-0.4, -0.2) is 36.2 Å². The van der Waals surface area contributed by atoms with Gasteiger partial charge in [0, 0.05) is 30.1 Å². The summed E-state index contributed by atoms with van der Waals surface area (Å²) in [6.45, 7) is 9.60. The number of nitrogens with one attached hydrogen (secondary N) is 1. The fraction of sp³-hybridized carbons (Fsp3) is 0.769. The van der Waals surface area contributed by atoms with Crippen LogP contribution in [0.15, 0.2) is 6.20 Å². The Labute approximate surface area is 116 Å². The molecule has 19 heavy (non-hydrogen) atoms. The lowest BCUT2D eigenvalue weighted by Gasteiger charge is -2.14. The predicted octanol–water partition coefficient (Wildman–Crippen LogP) is 1.55. The van der Waals surface area contributed by atoms with Gasteiger partial charge in [-0.05, 0) is 5.92 Å². The average molecular weight is 287 g/mol. The molecule has 1 aromatic heterocycles. The molecule has 0 bridgehead atoms. The van der Waals surface area contributed by atoms with Gasteiger partial charge in [0.1, 0.15) is 9.84 Å². The quantitative estimate of drug-likeness (QED) is 0.826. The van der Waals surface area contributed by atoms with Crippen LogP contribution < -0.4 is 5.32 Å². The van der Waals surface area contributed by atoms with Gasteiger partial charge in [0.25, 0.3) is 0 Å². The summed E-state index contributed by atoms with van der Waals surface area (Å²) >= 11 is 0. The SMILES string of the molecule is CC(C)NCc1cnn(CCS(C)(=O)=O)c1C(C)C. The Morgan fingerprint density at radius 1 is 1.32 bits per heavy atom. The smallest absolute Gasteiger partial charge is 0.149 e. The summed E-state index contributed by atoms with van der Waals surface area (Å²) in [5, 5.41) is 7.70. The molecule has 1 heterocycles. The third-order valence-corrected chi connectivity index (χ3v) is 3.81. The maximum absolute atomic E-state index is 11.3. The van der Waals surface area contributed by atoms with Crippen molar-refractivity contribution in [2.75, 3.05) is 12.0 Å². The number of rotatable bonds is 7. The molecule has 0 fully saturated rings. The minimum atomic E-state index is -2.96. The normalized spacial score (nSPS) is 12.6. The Kier molecular flexibility index (Phi) is 5.55. The molecule has 5 nitrogen and oxygen atoms in total. The van der Waals surface area contributed by atoms with E-state index in [4.69, 9.17) is 0 Å². The zero-order chi connectivity index (χ0) is 14.6. The second kappa shape index (κ2) is 6.52. The minimum Gasteiger partial charge on any atom is -0.310 e. The highest BCUT2D eigenvalue weighted by atomic mass is 32.2. The van der Waals surface area contributed by atoms with Crippen LogP contribution >= 0.6 is 0 Å². The summed E-state index contributed by atoms with van der Waals surface area (Å²) in [6.07, 6.45) is 3.10. The van der Waals surface area contributed by atoms with Crippen LogP contribution in [0, 0.1) is 0 Å². The number of hydrogen-bond donors (Lipinski definition) is 1. The van der Waals surface area contributed by atoms with Gasteiger partial charge in [-0.15, -0.1) is 0 Å². The second-order valence-corrected chi connectivity index (χ2v) is 7.86. The van der Waals surface area contributed by atoms with Gasteiger partial charge >= 0.3 is 0 Å². The number of aromatic nitrogens is 2. The molecule has 0 atom stereocenters. The molecule has 0 aliphatic heterocycles. The summed E-state index contributed by atoms with van der Waals surface area (Å²) in [6, 6.07) is 0.416. The zero-order valence-corrected chi connectivity index (χ0v) is 13.3. The molecule has 1 N–H and O–H groups in total. The molecule has 0 radical (unpaired) electrons. The Morgan fingerprint density at radius 3 is 2.42 bits per heavy atom. The first-order chi connectivity index (χ1) is 8.70. The lowest BCUT2D eigenvalue weighted by Crippen LogP contribution is -2.23. The van der Waals surface area contributed by atoms with E-state index in [1.807, 2.05) is 10.9 Å². The molecule has 0 saturated heterocycles. The van der Waals surface area contributed by atoms with Gasteiger partial charge in [-0.3, -0.25) is 4.68 Å². The molecular formula is C13H25N3O2S. The van der Waals surface area contributed by atoms with Crippen molar-refractivity contribution < 1.29 is 8.42 Å². The fourth-order valence-corrected chi connectivity index (χ4v) is 2.49. The third kappa shape index (κ3) is 5.32. The Bertz CT molecular complexity index is 504. The van der Waals surface area contributed by atoms with Crippen molar-refractivity contribution in [3.05, 3.63) is 17.5 Å². The van der Waals surface area contributed by atoms with Crippen LogP contribution in [-0.2, 0) is 22.9 Å². The molecule has 0 aliphatic carbocycles. The first-order valence-electron chi connectivity index (χ1n) is 6.66. The van der Waals surface area contributed by atoms with Crippen molar-refractivity contribution in [3.8, 4) is 0 Å². The van der Waals surface area contributed by atoms with E-state index in [0.717, 1.165) is 17.8 Å². The van der Waals surface area contributed by atoms with Crippen LogP contribution in [0.4, 0.5) is 0 Å². The molecule has 0 aromatic carbocycles. The van der Waals surface area contributed by atoms with Gasteiger partial charge in [-0.1, -0.05) is 27.7 Å². The second-order valence-electron chi connectivity index (χ2n) is 5.60. The molecular weight excluding hydrogens is 262 g/mol. The highest BCUT2D eigenvalue weighted by Gasteiger charge is 2.15. The summed E-state index contributed by atoms with van der Waals surface area (Å²) in [5.74, 6) is 0.455. The van der Waals surface area contributed by atoms with E-state index in [9.17, 15) is 8.42 Å². The van der Waals surface area contributed by atoms with Crippen LogP contribution in [0.1, 0.15) is 44.9 Å². The summed E-state index contributed by atoms with van der Waals surface area (Å²) in [5.41, 5.74) is 2.27. The number of sulfone groups is 1. The van der Waals surface area contributed by atoms with Gasteiger partial charge < -0.3 is 5.32 Å². The first kappa shape index (κ1) is 16.2. The molecule has 0 saturated carbocycles. The Balaban J connectivity index is 2.87. The van der Waals surface area contributed by atoms with Crippen molar-refractivity contribution in [3.63, 3.8) is 0 Å². The fourth-order valence-electron chi connectivity index (χ4n) is 1.98. The van der Waals surface area contributed by atoms with Gasteiger partial charge in [0.2, 0.25) is 0 Å². The standard InChI is InChI=1S/C13H25N3O2S/c1-10(2)13-12(8-14-11(3)4)9-15-16(13)6-7-19(5,17)18/h9-11,14H,6-8H2,1-5H3. The number of aryl methyl sites for hydroxylation is 1. The van der Waals surface area contributed by atoms with E-state index in [2.05, 4.69) is 38.1 Å². The maximum atomic E-state index is 11.3. The van der Waals surface area contributed by atoms with Crippen molar-refractivity contribution in [2.45, 2.75) is 52.7 Å². The molecule has 0 spiro atoms. The van der Waals surface area contributed by atoms with E-state index >= 15 is 0 Å². The number of hydrogen-bond acceptors (Lipinski definition) is 4. The topological polar surface area (TPSA) is 64.0 Å². The van der Waals surface area contributed by atoms with E-state index in [-0.39, 0.29) is 5.75 Å². The van der Waals surface area contributed by atoms with Gasteiger partial charge in [-0.25, -0.2) is 8.42 Å². The Morgan fingerprint density at radius 2 is 1.95 bits per heavy atom. The monoisotopic (exact) mass is 287 g/mol. The van der Waals surface area contributed by atoms with Crippen LogP contribution in [0.25, 0.3) is 0 Å². The van der Waals surface area contributed by atoms with Gasteiger partial charge in [-0.2, -0.15) is 5.10 Å². The average Bonchev–Trinajstić information content (AvgIpc) is 2.65. The maximum Gasteiger partial charge on any atom is 0.149 e. The Hall–Kier alpha value is -0.880. The van der Waals surface area contributed by atoms with Crippen molar-refractivity contribution in [1.82, 2.24) is 15.1 Å². The first-order valence-corrected chi connectivity index (χ1v) is 8.72. The molecule has 1 aromatic rings. The largest absolute Gasteiger partial charge is 0.310 e. The molecule has 0 amide bonds. The van der Waals surface area contributed by atoms with Crippen LogP contribution in [0.2, 0.25) is 0 Å². The van der Waals surface area contributed by atoms with Gasteiger partial charge in [0.15, 0.2) is 0 Å². The summed E-state index contributed by atoms with van der Waals surface area (Å²) in [7, 11) is -2.96. The highest BCUT2D eigenvalue weighted by molar-refractivity contribution is 7.90. The van der Waals surface area contributed by atoms with Crippen molar-refractivity contribution >= 4 is 9.84 Å². The molecule has 110 valence electrons. The molecule has 0 unspecified atom stereocenters.